The lowest BCUT2D eigenvalue weighted by Crippen LogP contribution is -2.51. The highest BCUT2D eigenvalue weighted by atomic mass is 16.5. The van der Waals surface area contributed by atoms with Gasteiger partial charge in [0.15, 0.2) is 6.61 Å². The van der Waals surface area contributed by atoms with Gasteiger partial charge in [-0.15, -0.1) is 0 Å². The molecule has 1 aromatic heterocycles. The van der Waals surface area contributed by atoms with E-state index in [1.807, 2.05) is 54.6 Å². The van der Waals surface area contributed by atoms with Crippen LogP contribution in [0.3, 0.4) is 0 Å². The Morgan fingerprint density at radius 1 is 0.903 bits per heavy atom. The maximum absolute atomic E-state index is 12.9. The summed E-state index contributed by atoms with van der Waals surface area (Å²) < 4.78 is 5.38. The molecule has 0 unspecified atom stereocenters. The Labute approximate surface area is 180 Å². The predicted molar refractivity (Wildman–Crippen MR) is 116 cm³/mol. The van der Waals surface area contributed by atoms with Crippen molar-refractivity contribution in [1.82, 2.24) is 14.8 Å². The first kappa shape index (κ1) is 20.5. The van der Waals surface area contributed by atoms with Crippen molar-refractivity contribution < 1.29 is 19.1 Å². The second-order valence-electron chi connectivity index (χ2n) is 7.40. The van der Waals surface area contributed by atoms with Gasteiger partial charge in [-0.25, -0.2) is 9.78 Å². The highest BCUT2D eigenvalue weighted by molar-refractivity contribution is 6.05. The quantitative estimate of drug-likeness (QED) is 0.610. The van der Waals surface area contributed by atoms with E-state index in [4.69, 9.17) is 4.74 Å². The van der Waals surface area contributed by atoms with Crippen LogP contribution in [0.25, 0.3) is 22.2 Å². The number of benzene rings is 2. The second kappa shape index (κ2) is 8.95. The van der Waals surface area contributed by atoms with Gasteiger partial charge in [-0.2, -0.15) is 0 Å². The van der Waals surface area contributed by atoms with E-state index < -0.39 is 5.97 Å². The molecule has 0 spiro atoms. The standard InChI is InChI=1S/C24H23N3O4/c1-17(28)26-11-13-27(14-12-26)23(29)16-31-24(30)20-15-22(18-7-3-2-4-8-18)25-21-10-6-5-9-19(20)21/h2-10,15H,11-14,16H2,1H3. The monoisotopic (exact) mass is 417 g/mol. The van der Waals surface area contributed by atoms with Crippen LogP contribution in [0.15, 0.2) is 60.7 Å². The molecule has 2 aromatic carbocycles. The van der Waals surface area contributed by atoms with E-state index in [0.717, 1.165) is 5.56 Å². The number of ether oxygens (including phenoxy) is 1. The fourth-order valence-corrected chi connectivity index (χ4v) is 3.67. The van der Waals surface area contributed by atoms with Crippen LogP contribution in [-0.2, 0) is 14.3 Å². The highest BCUT2D eigenvalue weighted by Crippen LogP contribution is 2.25. The highest BCUT2D eigenvalue weighted by Gasteiger charge is 2.24. The number of pyridine rings is 1. The molecule has 3 aromatic rings. The molecule has 1 aliphatic heterocycles. The van der Waals surface area contributed by atoms with Crippen molar-refractivity contribution in [3.63, 3.8) is 0 Å². The zero-order valence-electron chi connectivity index (χ0n) is 17.3. The van der Waals surface area contributed by atoms with Crippen molar-refractivity contribution in [2.45, 2.75) is 6.92 Å². The molecule has 158 valence electrons. The average molecular weight is 417 g/mol. The zero-order chi connectivity index (χ0) is 21.8. The number of esters is 1. The van der Waals surface area contributed by atoms with Gasteiger partial charge in [-0.1, -0.05) is 48.5 Å². The van der Waals surface area contributed by atoms with E-state index in [1.54, 1.807) is 15.9 Å². The SMILES string of the molecule is CC(=O)N1CCN(C(=O)COC(=O)c2cc(-c3ccccc3)nc3ccccc23)CC1. The van der Waals surface area contributed by atoms with Gasteiger partial charge in [0.1, 0.15) is 0 Å². The molecule has 1 saturated heterocycles. The number of carbonyl (C=O) groups is 3. The van der Waals surface area contributed by atoms with E-state index in [-0.39, 0.29) is 18.4 Å². The van der Waals surface area contributed by atoms with Gasteiger partial charge in [0.25, 0.3) is 5.91 Å². The molecule has 0 radical (unpaired) electrons. The fourth-order valence-electron chi connectivity index (χ4n) is 3.67. The van der Waals surface area contributed by atoms with Crippen molar-refractivity contribution in [3.05, 3.63) is 66.2 Å². The predicted octanol–water partition coefficient (Wildman–Crippen LogP) is 2.75. The summed E-state index contributed by atoms with van der Waals surface area (Å²) in [6, 6.07) is 18.7. The Kier molecular flexibility index (Phi) is 5.93. The molecule has 7 nitrogen and oxygen atoms in total. The van der Waals surface area contributed by atoms with Crippen LogP contribution >= 0.6 is 0 Å². The fraction of sp³-hybridized carbons (Fsp3) is 0.250. The minimum atomic E-state index is -0.563. The van der Waals surface area contributed by atoms with Crippen molar-refractivity contribution in [1.29, 1.82) is 0 Å². The van der Waals surface area contributed by atoms with E-state index >= 15 is 0 Å². The Morgan fingerprint density at radius 2 is 1.55 bits per heavy atom. The summed E-state index contributed by atoms with van der Waals surface area (Å²) >= 11 is 0. The number of para-hydroxylation sites is 1. The first-order valence-corrected chi connectivity index (χ1v) is 10.2. The summed E-state index contributed by atoms with van der Waals surface area (Å²) in [5.74, 6) is -0.831. The molecule has 1 fully saturated rings. The molecule has 4 rings (SSSR count). The van der Waals surface area contributed by atoms with E-state index in [2.05, 4.69) is 4.98 Å². The molecule has 7 heteroatoms. The number of hydrogen-bond acceptors (Lipinski definition) is 5. The molecule has 0 N–H and O–H groups in total. The van der Waals surface area contributed by atoms with Crippen molar-refractivity contribution in [2.75, 3.05) is 32.8 Å². The Bertz CT molecular complexity index is 1120. The smallest absolute Gasteiger partial charge is 0.339 e. The van der Waals surface area contributed by atoms with Crippen molar-refractivity contribution in [2.24, 2.45) is 0 Å². The summed E-state index contributed by atoms with van der Waals surface area (Å²) in [6.45, 7) is 3.03. The first-order chi connectivity index (χ1) is 15.0. The van der Waals surface area contributed by atoms with Crippen LogP contribution < -0.4 is 0 Å². The largest absolute Gasteiger partial charge is 0.452 e. The second-order valence-corrected chi connectivity index (χ2v) is 7.40. The summed E-state index contributed by atoms with van der Waals surface area (Å²) in [6.07, 6.45) is 0. The first-order valence-electron chi connectivity index (χ1n) is 10.2. The number of hydrogen-bond donors (Lipinski definition) is 0. The molecule has 1 aliphatic rings. The number of piperazine rings is 1. The van der Waals surface area contributed by atoms with Gasteiger partial charge in [-0.05, 0) is 12.1 Å². The Balaban J connectivity index is 1.50. The minimum absolute atomic E-state index is 0.00249. The maximum atomic E-state index is 12.9. The van der Waals surface area contributed by atoms with Crippen LogP contribution in [0.2, 0.25) is 0 Å². The van der Waals surface area contributed by atoms with Gasteiger partial charge in [0, 0.05) is 44.1 Å². The molecule has 31 heavy (non-hydrogen) atoms. The average Bonchev–Trinajstić information content (AvgIpc) is 2.82. The van der Waals surface area contributed by atoms with Crippen LogP contribution in [0.1, 0.15) is 17.3 Å². The third kappa shape index (κ3) is 4.55. The van der Waals surface area contributed by atoms with Crippen LogP contribution in [-0.4, -0.2) is 65.4 Å². The number of fused-ring (bicyclic) bond motifs is 1. The number of amides is 2. The van der Waals surface area contributed by atoms with Gasteiger partial charge in [0.2, 0.25) is 5.91 Å². The summed E-state index contributed by atoms with van der Waals surface area (Å²) in [4.78, 5) is 44.8. The molecule has 2 heterocycles. The third-order valence-corrected chi connectivity index (χ3v) is 5.41. The lowest BCUT2D eigenvalue weighted by Gasteiger charge is -2.34. The summed E-state index contributed by atoms with van der Waals surface area (Å²) in [5.41, 5.74) is 2.61. The van der Waals surface area contributed by atoms with E-state index in [9.17, 15) is 14.4 Å². The van der Waals surface area contributed by atoms with Gasteiger partial charge < -0.3 is 14.5 Å². The van der Waals surface area contributed by atoms with Gasteiger partial charge in [0.05, 0.1) is 16.8 Å². The van der Waals surface area contributed by atoms with Gasteiger partial charge in [-0.3, -0.25) is 9.59 Å². The topological polar surface area (TPSA) is 79.8 Å². The lowest BCUT2D eigenvalue weighted by atomic mass is 10.0. The molecular formula is C24H23N3O4. The molecule has 0 bridgehead atoms. The third-order valence-electron chi connectivity index (χ3n) is 5.41. The Hall–Kier alpha value is -3.74. The van der Waals surface area contributed by atoms with E-state index in [1.165, 1.54) is 6.92 Å². The number of nitrogens with zero attached hydrogens (tertiary/aromatic N) is 3. The van der Waals surface area contributed by atoms with Gasteiger partial charge >= 0.3 is 5.97 Å². The number of rotatable bonds is 4. The molecule has 0 saturated carbocycles. The Morgan fingerprint density at radius 3 is 2.26 bits per heavy atom. The number of aromatic nitrogens is 1. The van der Waals surface area contributed by atoms with Crippen LogP contribution in [0, 0.1) is 0 Å². The molecular weight excluding hydrogens is 394 g/mol. The van der Waals surface area contributed by atoms with Crippen molar-refractivity contribution in [3.8, 4) is 11.3 Å². The summed E-state index contributed by atoms with van der Waals surface area (Å²) in [5, 5.41) is 0.676. The zero-order valence-corrected chi connectivity index (χ0v) is 17.3. The molecule has 2 amide bonds. The molecule has 0 atom stereocenters. The van der Waals surface area contributed by atoms with Crippen LogP contribution in [0.4, 0.5) is 0 Å². The number of carbonyl (C=O) groups excluding carboxylic acids is 3. The van der Waals surface area contributed by atoms with Crippen LogP contribution in [0.5, 0.6) is 0 Å². The summed E-state index contributed by atoms with van der Waals surface area (Å²) in [7, 11) is 0. The normalized spacial score (nSPS) is 13.8. The minimum Gasteiger partial charge on any atom is -0.452 e. The molecule has 0 aliphatic carbocycles. The van der Waals surface area contributed by atoms with Crippen molar-refractivity contribution >= 4 is 28.7 Å². The van der Waals surface area contributed by atoms with E-state index in [0.29, 0.717) is 48.3 Å². The lowest BCUT2D eigenvalue weighted by molar-refractivity contribution is -0.140. The maximum Gasteiger partial charge on any atom is 0.339 e.